The summed E-state index contributed by atoms with van der Waals surface area (Å²) in [7, 11) is 5.46. The third-order valence-electron chi connectivity index (χ3n) is 4.54. The molecule has 0 aliphatic heterocycles. The Hall–Kier alpha value is -3.12. The van der Waals surface area contributed by atoms with Crippen molar-refractivity contribution in [1.29, 1.82) is 0 Å². The van der Waals surface area contributed by atoms with Gasteiger partial charge in [0.25, 0.3) is 0 Å². The minimum Gasteiger partial charge on any atom is -0.497 e. The van der Waals surface area contributed by atoms with E-state index in [1.54, 1.807) is 18.0 Å². The van der Waals surface area contributed by atoms with Crippen LogP contribution in [0.5, 0.6) is 5.75 Å². The summed E-state index contributed by atoms with van der Waals surface area (Å²) in [5.41, 5.74) is 3.95. The molecule has 0 saturated heterocycles. The van der Waals surface area contributed by atoms with Gasteiger partial charge < -0.3 is 10.1 Å². The van der Waals surface area contributed by atoms with Crippen LogP contribution in [0.1, 0.15) is 22.7 Å². The van der Waals surface area contributed by atoms with Crippen LogP contribution in [0.25, 0.3) is 5.69 Å². The molecule has 1 amide bonds. The number of carbonyl (C=O) groups excluding carboxylic acids is 1. The van der Waals surface area contributed by atoms with E-state index >= 15 is 0 Å². The molecule has 146 valence electrons. The molecule has 1 N–H and O–H groups in total. The number of nitrogens with zero attached hydrogens (tertiary/aromatic N) is 3. The summed E-state index contributed by atoms with van der Waals surface area (Å²) in [6.07, 6.45) is 3.67. The van der Waals surface area contributed by atoms with Gasteiger partial charge in [0, 0.05) is 24.4 Å². The molecule has 3 aromatic rings. The lowest BCUT2D eigenvalue weighted by molar-refractivity contribution is -0.125. The quantitative estimate of drug-likeness (QED) is 0.686. The first-order chi connectivity index (χ1) is 13.5. The van der Waals surface area contributed by atoms with E-state index in [0.29, 0.717) is 6.54 Å². The van der Waals surface area contributed by atoms with Crippen molar-refractivity contribution >= 4 is 5.91 Å². The van der Waals surface area contributed by atoms with E-state index in [2.05, 4.69) is 10.4 Å². The smallest absolute Gasteiger partial charge is 0.242 e. The van der Waals surface area contributed by atoms with Crippen LogP contribution in [-0.2, 0) is 11.3 Å². The molecule has 1 unspecified atom stereocenters. The molecule has 0 aliphatic rings. The predicted molar refractivity (Wildman–Crippen MR) is 110 cm³/mol. The lowest BCUT2D eigenvalue weighted by atomic mass is 10.0. The number of ether oxygens (including phenoxy) is 1. The van der Waals surface area contributed by atoms with Gasteiger partial charge in [-0.2, -0.15) is 5.10 Å². The fourth-order valence-corrected chi connectivity index (χ4v) is 3.16. The van der Waals surface area contributed by atoms with E-state index in [0.717, 1.165) is 28.1 Å². The molecule has 6 nitrogen and oxygen atoms in total. The van der Waals surface area contributed by atoms with Crippen molar-refractivity contribution in [2.45, 2.75) is 19.5 Å². The zero-order valence-electron chi connectivity index (χ0n) is 16.7. The Labute approximate surface area is 165 Å². The molecule has 0 fully saturated rings. The fraction of sp³-hybridized carbons (Fsp3) is 0.273. The molecule has 1 heterocycles. The van der Waals surface area contributed by atoms with Gasteiger partial charge in [-0.3, -0.25) is 9.69 Å². The van der Waals surface area contributed by atoms with Crippen molar-refractivity contribution in [2.75, 3.05) is 21.2 Å². The van der Waals surface area contributed by atoms with Gasteiger partial charge in [-0.05, 0) is 38.7 Å². The van der Waals surface area contributed by atoms with E-state index in [4.69, 9.17) is 4.74 Å². The summed E-state index contributed by atoms with van der Waals surface area (Å²) in [4.78, 5) is 14.8. The van der Waals surface area contributed by atoms with Crippen LogP contribution < -0.4 is 10.1 Å². The minimum atomic E-state index is -0.340. The largest absolute Gasteiger partial charge is 0.497 e. The van der Waals surface area contributed by atoms with E-state index in [9.17, 15) is 4.79 Å². The summed E-state index contributed by atoms with van der Waals surface area (Å²) in [6, 6.07) is 15.4. The Balaban J connectivity index is 1.69. The highest BCUT2D eigenvalue weighted by atomic mass is 16.5. The van der Waals surface area contributed by atoms with E-state index in [1.165, 1.54) is 0 Å². The lowest BCUT2D eigenvalue weighted by Crippen LogP contribution is -2.36. The van der Waals surface area contributed by atoms with Crippen molar-refractivity contribution in [2.24, 2.45) is 0 Å². The van der Waals surface area contributed by atoms with Crippen molar-refractivity contribution in [3.8, 4) is 11.4 Å². The maximum absolute atomic E-state index is 12.8. The van der Waals surface area contributed by atoms with Gasteiger partial charge in [-0.25, -0.2) is 4.68 Å². The van der Waals surface area contributed by atoms with Gasteiger partial charge in [0.1, 0.15) is 11.8 Å². The Kier molecular flexibility index (Phi) is 6.11. The molecular weight excluding hydrogens is 352 g/mol. The molecule has 28 heavy (non-hydrogen) atoms. The average Bonchev–Trinajstić information content (AvgIpc) is 3.15. The number of likely N-dealkylation sites (N-methyl/N-ethyl adjacent to an activating group) is 1. The Morgan fingerprint density at radius 3 is 2.71 bits per heavy atom. The molecule has 2 aromatic carbocycles. The van der Waals surface area contributed by atoms with Gasteiger partial charge in [-0.15, -0.1) is 0 Å². The summed E-state index contributed by atoms with van der Waals surface area (Å²) in [5, 5.41) is 7.42. The third kappa shape index (κ3) is 4.58. The van der Waals surface area contributed by atoms with Crippen LogP contribution in [0.3, 0.4) is 0 Å². The average molecular weight is 378 g/mol. The predicted octanol–water partition coefficient (Wildman–Crippen LogP) is 3.11. The molecule has 0 spiro atoms. The fourth-order valence-electron chi connectivity index (χ4n) is 3.16. The Bertz CT molecular complexity index is 949. The lowest BCUT2D eigenvalue weighted by Gasteiger charge is -2.24. The molecule has 3 rings (SSSR count). The Morgan fingerprint density at radius 1 is 1.21 bits per heavy atom. The molecule has 0 aliphatic carbocycles. The van der Waals surface area contributed by atoms with Gasteiger partial charge in [0.05, 0.1) is 19.0 Å². The number of aromatic nitrogens is 2. The summed E-state index contributed by atoms with van der Waals surface area (Å²) in [6.45, 7) is 2.44. The zero-order valence-corrected chi connectivity index (χ0v) is 16.7. The monoisotopic (exact) mass is 378 g/mol. The van der Waals surface area contributed by atoms with Crippen molar-refractivity contribution < 1.29 is 9.53 Å². The highest BCUT2D eigenvalue weighted by molar-refractivity contribution is 5.83. The summed E-state index contributed by atoms with van der Waals surface area (Å²) >= 11 is 0. The molecule has 0 radical (unpaired) electrons. The van der Waals surface area contributed by atoms with E-state index < -0.39 is 0 Å². The number of methoxy groups -OCH3 is 1. The molecule has 1 atom stereocenters. The standard InChI is InChI=1S/C22H26N4O2/c1-16-7-5-8-18(11-16)21(25(2)3)22(27)23-13-17-14-24-26(15-17)19-9-6-10-20(12-19)28-4/h5-12,14-15,21H,13H2,1-4H3,(H,23,27). The zero-order chi connectivity index (χ0) is 20.1. The van der Waals surface area contributed by atoms with Crippen LogP contribution in [0.4, 0.5) is 0 Å². The maximum atomic E-state index is 12.8. The normalized spacial score (nSPS) is 12.0. The molecule has 1 aromatic heterocycles. The number of amides is 1. The van der Waals surface area contributed by atoms with Crippen LogP contribution in [-0.4, -0.2) is 41.8 Å². The summed E-state index contributed by atoms with van der Waals surface area (Å²) in [5.74, 6) is 0.736. The van der Waals surface area contributed by atoms with Crippen molar-refractivity contribution in [3.05, 3.63) is 77.6 Å². The van der Waals surface area contributed by atoms with Gasteiger partial charge in [0.2, 0.25) is 5.91 Å². The highest BCUT2D eigenvalue weighted by Crippen LogP contribution is 2.20. The highest BCUT2D eigenvalue weighted by Gasteiger charge is 2.22. The van der Waals surface area contributed by atoms with Crippen LogP contribution >= 0.6 is 0 Å². The second-order valence-corrected chi connectivity index (χ2v) is 6.99. The molecule has 0 saturated carbocycles. The third-order valence-corrected chi connectivity index (χ3v) is 4.54. The minimum absolute atomic E-state index is 0.0373. The number of hydrogen-bond donors (Lipinski definition) is 1. The summed E-state index contributed by atoms with van der Waals surface area (Å²) < 4.78 is 7.03. The van der Waals surface area contributed by atoms with Crippen LogP contribution in [0.15, 0.2) is 60.9 Å². The van der Waals surface area contributed by atoms with Crippen LogP contribution in [0, 0.1) is 6.92 Å². The first-order valence-electron chi connectivity index (χ1n) is 9.16. The second-order valence-electron chi connectivity index (χ2n) is 6.99. The molecule has 0 bridgehead atoms. The van der Waals surface area contributed by atoms with Gasteiger partial charge in [0.15, 0.2) is 0 Å². The maximum Gasteiger partial charge on any atom is 0.242 e. The first-order valence-corrected chi connectivity index (χ1v) is 9.16. The number of nitrogens with one attached hydrogen (secondary N) is 1. The second kappa shape index (κ2) is 8.71. The Morgan fingerprint density at radius 2 is 2.00 bits per heavy atom. The van der Waals surface area contributed by atoms with Crippen molar-refractivity contribution in [3.63, 3.8) is 0 Å². The number of benzene rings is 2. The van der Waals surface area contributed by atoms with E-state index in [-0.39, 0.29) is 11.9 Å². The van der Waals surface area contributed by atoms with Gasteiger partial charge >= 0.3 is 0 Å². The number of hydrogen-bond acceptors (Lipinski definition) is 4. The van der Waals surface area contributed by atoms with Gasteiger partial charge in [-0.1, -0.05) is 35.9 Å². The SMILES string of the molecule is COc1cccc(-n2cc(CNC(=O)C(c3cccc(C)c3)N(C)C)cn2)c1. The number of rotatable bonds is 7. The first kappa shape index (κ1) is 19.6. The topological polar surface area (TPSA) is 59.4 Å². The van der Waals surface area contributed by atoms with Crippen molar-refractivity contribution in [1.82, 2.24) is 20.0 Å². The van der Waals surface area contributed by atoms with Crippen LogP contribution in [0.2, 0.25) is 0 Å². The van der Waals surface area contributed by atoms with E-state index in [1.807, 2.05) is 80.6 Å². The number of aryl methyl sites for hydroxylation is 1. The molecular formula is C22H26N4O2. The number of carbonyl (C=O) groups is 1. The molecule has 6 heteroatoms.